The van der Waals surface area contributed by atoms with E-state index in [1.165, 1.54) is 11.3 Å². The molecule has 1 heterocycles. The molecule has 0 bridgehead atoms. The van der Waals surface area contributed by atoms with E-state index < -0.39 is 6.03 Å². The third kappa shape index (κ3) is 5.75. The molecule has 1 aliphatic heterocycles. The third-order valence-corrected chi connectivity index (χ3v) is 5.61. The van der Waals surface area contributed by atoms with Crippen LogP contribution in [0.25, 0.3) is 0 Å². The maximum atomic E-state index is 12.6. The van der Waals surface area contributed by atoms with Gasteiger partial charge in [-0.05, 0) is 53.6 Å². The summed E-state index contributed by atoms with van der Waals surface area (Å²) in [4.78, 5) is 25.7. The van der Waals surface area contributed by atoms with Crippen LogP contribution in [-0.2, 0) is 12.0 Å². The van der Waals surface area contributed by atoms with Gasteiger partial charge in [0.15, 0.2) is 0 Å². The molecule has 0 unspecified atom stereocenters. The molecule has 1 saturated heterocycles. The molecule has 30 heavy (non-hydrogen) atoms. The van der Waals surface area contributed by atoms with E-state index in [9.17, 15) is 9.59 Å². The number of primary amides is 1. The molecule has 4 N–H and O–H groups in total. The van der Waals surface area contributed by atoms with Crippen molar-refractivity contribution in [2.24, 2.45) is 5.73 Å². The van der Waals surface area contributed by atoms with Gasteiger partial charge in [-0.15, -0.1) is 0 Å². The molecule has 1 aliphatic rings. The standard InChI is InChI=1S/C24H32N4O2/c1-24(2,3)19-8-10-21(11-9-19)28-14-12-20(13-15-28)27-22(29)18-6-4-17(5-7-18)16-26-23(25)30/h4-11,20H,12-16H2,1-3H3,(H,27,29)(H3,25,26,30). The lowest BCUT2D eigenvalue weighted by atomic mass is 9.87. The van der Waals surface area contributed by atoms with E-state index in [0.717, 1.165) is 31.5 Å². The number of nitrogens with zero attached hydrogens (tertiary/aromatic N) is 1. The molecule has 0 aromatic heterocycles. The van der Waals surface area contributed by atoms with Gasteiger partial charge >= 0.3 is 6.03 Å². The number of rotatable bonds is 5. The number of amides is 3. The number of urea groups is 1. The van der Waals surface area contributed by atoms with E-state index in [1.54, 1.807) is 12.1 Å². The number of hydrogen-bond donors (Lipinski definition) is 3. The van der Waals surface area contributed by atoms with E-state index in [-0.39, 0.29) is 17.4 Å². The summed E-state index contributed by atoms with van der Waals surface area (Å²) >= 11 is 0. The highest BCUT2D eigenvalue weighted by Crippen LogP contribution is 2.26. The first-order valence-electron chi connectivity index (χ1n) is 10.5. The summed E-state index contributed by atoms with van der Waals surface area (Å²) in [7, 11) is 0. The number of nitrogens with one attached hydrogen (secondary N) is 2. The van der Waals surface area contributed by atoms with Gasteiger partial charge in [-0.3, -0.25) is 4.79 Å². The van der Waals surface area contributed by atoms with Crippen LogP contribution in [0.4, 0.5) is 10.5 Å². The summed E-state index contributed by atoms with van der Waals surface area (Å²) < 4.78 is 0. The Hall–Kier alpha value is -3.02. The average molecular weight is 409 g/mol. The summed E-state index contributed by atoms with van der Waals surface area (Å²) in [5, 5.41) is 5.69. The molecule has 0 aliphatic carbocycles. The Bertz CT molecular complexity index is 862. The smallest absolute Gasteiger partial charge is 0.312 e. The van der Waals surface area contributed by atoms with Crippen molar-refractivity contribution in [3.8, 4) is 0 Å². The fourth-order valence-corrected chi connectivity index (χ4v) is 3.69. The highest BCUT2D eigenvalue weighted by molar-refractivity contribution is 5.94. The van der Waals surface area contributed by atoms with Crippen molar-refractivity contribution in [1.29, 1.82) is 0 Å². The zero-order valence-electron chi connectivity index (χ0n) is 18.1. The molecule has 3 rings (SSSR count). The van der Waals surface area contributed by atoms with E-state index in [0.29, 0.717) is 12.1 Å². The Labute approximate surface area is 178 Å². The molecule has 160 valence electrons. The molecular formula is C24H32N4O2. The number of hydrogen-bond acceptors (Lipinski definition) is 3. The van der Waals surface area contributed by atoms with Crippen molar-refractivity contribution in [2.45, 2.75) is 51.6 Å². The first-order chi connectivity index (χ1) is 14.2. The van der Waals surface area contributed by atoms with Gasteiger partial charge in [-0.25, -0.2) is 4.79 Å². The van der Waals surface area contributed by atoms with Gasteiger partial charge in [0, 0.05) is 36.9 Å². The maximum absolute atomic E-state index is 12.6. The lowest BCUT2D eigenvalue weighted by molar-refractivity contribution is 0.0931. The summed E-state index contributed by atoms with van der Waals surface area (Å²) in [5.41, 5.74) is 9.34. The maximum Gasteiger partial charge on any atom is 0.312 e. The number of benzene rings is 2. The predicted molar refractivity (Wildman–Crippen MR) is 121 cm³/mol. The van der Waals surface area contributed by atoms with Crippen LogP contribution in [0.3, 0.4) is 0 Å². The lowest BCUT2D eigenvalue weighted by Gasteiger charge is -2.34. The highest BCUT2D eigenvalue weighted by Gasteiger charge is 2.22. The van der Waals surface area contributed by atoms with Crippen molar-refractivity contribution < 1.29 is 9.59 Å². The normalized spacial score (nSPS) is 15.0. The minimum Gasteiger partial charge on any atom is -0.371 e. The summed E-state index contributed by atoms with van der Waals surface area (Å²) in [6.45, 7) is 8.88. The molecule has 0 radical (unpaired) electrons. The second-order valence-corrected chi connectivity index (χ2v) is 8.95. The largest absolute Gasteiger partial charge is 0.371 e. The Morgan fingerprint density at radius 2 is 1.60 bits per heavy atom. The van der Waals surface area contributed by atoms with Gasteiger partial charge in [0.1, 0.15) is 0 Å². The van der Waals surface area contributed by atoms with Crippen LogP contribution in [0.5, 0.6) is 0 Å². The fraction of sp³-hybridized carbons (Fsp3) is 0.417. The Morgan fingerprint density at radius 1 is 1.00 bits per heavy atom. The van der Waals surface area contributed by atoms with Crippen molar-refractivity contribution in [1.82, 2.24) is 10.6 Å². The lowest BCUT2D eigenvalue weighted by Crippen LogP contribution is -2.44. The zero-order valence-corrected chi connectivity index (χ0v) is 18.1. The topological polar surface area (TPSA) is 87.5 Å². The van der Waals surface area contributed by atoms with Gasteiger partial charge in [-0.1, -0.05) is 45.0 Å². The first-order valence-corrected chi connectivity index (χ1v) is 10.5. The second-order valence-electron chi connectivity index (χ2n) is 8.95. The van der Waals surface area contributed by atoms with Gasteiger partial charge in [-0.2, -0.15) is 0 Å². The van der Waals surface area contributed by atoms with Crippen molar-refractivity contribution in [2.75, 3.05) is 18.0 Å². The van der Waals surface area contributed by atoms with Crippen LogP contribution in [0, 0.1) is 0 Å². The summed E-state index contributed by atoms with van der Waals surface area (Å²) in [5.74, 6) is -0.0580. The zero-order chi connectivity index (χ0) is 21.7. The number of nitrogens with two attached hydrogens (primary N) is 1. The van der Waals surface area contributed by atoms with Crippen molar-refractivity contribution in [3.05, 3.63) is 65.2 Å². The van der Waals surface area contributed by atoms with Crippen LogP contribution in [0.1, 0.15) is 55.1 Å². The van der Waals surface area contributed by atoms with E-state index in [2.05, 4.69) is 60.6 Å². The first kappa shape index (κ1) is 21.7. The Balaban J connectivity index is 1.49. The number of carbonyl (C=O) groups excluding carboxylic acids is 2. The summed E-state index contributed by atoms with van der Waals surface area (Å²) in [6.07, 6.45) is 1.85. The third-order valence-electron chi connectivity index (χ3n) is 5.61. The predicted octanol–water partition coefficient (Wildman–Crippen LogP) is 3.55. The number of carbonyl (C=O) groups is 2. The number of anilines is 1. The van der Waals surface area contributed by atoms with Crippen LogP contribution < -0.4 is 21.3 Å². The Kier molecular flexibility index (Phi) is 6.65. The molecule has 2 aromatic carbocycles. The molecule has 6 heteroatoms. The molecule has 0 spiro atoms. The molecular weight excluding hydrogens is 376 g/mol. The van der Waals surface area contributed by atoms with Gasteiger partial charge in [0.05, 0.1) is 0 Å². The summed E-state index contributed by atoms with van der Waals surface area (Å²) in [6, 6.07) is 15.7. The molecule has 0 atom stereocenters. The van der Waals surface area contributed by atoms with Crippen LogP contribution in [-0.4, -0.2) is 31.1 Å². The van der Waals surface area contributed by atoms with E-state index in [4.69, 9.17) is 5.73 Å². The van der Waals surface area contributed by atoms with Crippen LogP contribution >= 0.6 is 0 Å². The molecule has 0 saturated carbocycles. The molecule has 1 fully saturated rings. The van der Waals surface area contributed by atoms with E-state index in [1.807, 2.05) is 12.1 Å². The SMILES string of the molecule is CC(C)(C)c1ccc(N2CCC(NC(=O)c3ccc(CNC(N)=O)cc3)CC2)cc1. The average Bonchev–Trinajstić information content (AvgIpc) is 2.72. The highest BCUT2D eigenvalue weighted by atomic mass is 16.2. The molecule has 3 amide bonds. The minimum atomic E-state index is -0.562. The van der Waals surface area contributed by atoms with Gasteiger partial charge in [0.2, 0.25) is 0 Å². The monoisotopic (exact) mass is 408 g/mol. The minimum absolute atomic E-state index is 0.0580. The second kappa shape index (κ2) is 9.20. The van der Waals surface area contributed by atoms with Crippen LogP contribution in [0.15, 0.2) is 48.5 Å². The van der Waals surface area contributed by atoms with E-state index >= 15 is 0 Å². The van der Waals surface area contributed by atoms with Crippen molar-refractivity contribution in [3.63, 3.8) is 0 Å². The van der Waals surface area contributed by atoms with Gasteiger partial charge < -0.3 is 21.3 Å². The number of piperidine rings is 1. The van der Waals surface area contributed by atoms with Crippen LogP contribution in [0.2, 0.25) is 0 Å². The van der Waals surface area contributed by atoms with Gasteiger partial charge in [0.25, 0.3) is 5.91 Å². The van der Waals surface area contributed by atoms with Crippen molar-refractivity contribution >= 4 is 17.6 Å². The quantitative estimate of drug-likeness (QED) is 0.707. The molecule has 6 nitrogen and oxygen atoms in total. The fourth-order valence-electron chi connectivity index (χ4n) is 3.69. The Morgan fingerprint density at radius 3 is 2.13 bits per heavy atom. The molecule has 2 aromatic rings.